The molecule has 2 saturated heterocycles. The average molecular weight is 475 g/mol. The van der Waals surface area contributed by atoms with Crippen LogP contribution in [0.3, 0.4) is 0 Å². The summed E-state index contributed by atoms with van der Waals surface area (Å²) in [7, 11) is 0. The lowest BCUT2D eigenvalue weighted by Gasteiger charge is -2.29. The molecule has 0 bridgehead atoms. The van der Waals surface area contributed by atoms with E-state index in [0.717, 1.165) is 52.4 Å². The van der Waals surface area contributed by atoms with Gasteiger partial charge in [-0.15, -0.1) is 0 Å². The van der Waals surface area contributed by atoms with Gasteiger partial charge < -0.3 is 40.9 Å². The maximum absolute atomic E-state index is 9.77. The first-order valence-electron chi connectivity index (χ1n) is 11.2. The standard InChI is InChI=1S/2C10H14N2.C4H6O6/c2*1-2-4-10(5-3-1)12-8-6-11-7-9-12;5-1(3(7)8)2(6)4(9)10/h2*1-5,11H,6-9H2;1-2,5-6H,(H,7,8)(H,9,10)/t;;1-,2-/m..1/s1. The van der Waals surface area contributed by atoms with Gasteiger partial charge in [-0.3, -0.25) is 0 Å². The van der Waals surface area contributed by atoms with E-state index in [-0.39, 0.29) is 0 Å². The number of para-hydroxylation sites is 2. The molecule has 10 nitrogen and oxygen atoms in total. The van der Waals surface area contributed by atoms with E-state index in [0.29, 0.717) is 0 Å². The maximum Gasteiger partial charge on any atom is 0.335 e. The number of nitrogens with one attached hydrogen (secondary N) is 2. The number of aliphatic hydroxyl groups is 2. The first kappa shape index (κ1) is 27.1. The molecule has 0 unspecified atom stereocenters. The van der Waals surface area contributed by atoms with Crippen LogP contribution < -0.4 is 20.4 Å². The van der Waals surface area contributed by atoms with Crippen LogP contribution >= 0.6 is 0 Å². The molecule has 0 aliphatic carbocycles. The molecule has 10 heteroatoms. The molecule has 2 aromatic rings. The van der Waals surface area contributed by atoms with E-state index in [9.17, 15) is 9.59 Å². The Balaban J connectivity index is 0.000000182. The molecule has 2 aliphatic rings. The number of carbonyl (C=O) groups is 2. The Kier molecular flexibility index (Phi) is 11.8. The van der Waals surface area contributed by atoms with E-state index in [1.165, 1.54) is 11.4 Å². The van der Waals surface area contributed by atoms with Gasteiger partial charge in [-0.05, 0) is 24.3 Å². The first-order valence-corrected chi connectivity index (χ1v) is 11.2. The van der Waals surface area contributed by atoms with Crippen molar-refractivity contribution in [2.24, 2.45) is 0 Å². The number of benzene rings is 2. The minimum atomic E-state index is -2.27. The van der Waals surface area contributed by atoms with Crippen LogP contribution in [0.2, 0.25) is 0 Å². The topological polar surface area (TPSA) is 146 Å². The molecule has 6 N–H and O–H groups in total. The van der Waals surface area contributed by atoms with Crippen molar-refractivity contribution in [2.75, 3.05) is 62.2 Å². The van der Waals surface area contributed by atoms with Gasteiger partial charge in [0.15, 0.2) is 12.2 Å². The number of aliphatic hydroxyl groups excluding tert-OH is 2. The van der Waals surface area contributed by atoms with Gasteiger partial charge in [0.25, 0.3) is 0 Å². The zero-order valence-electron chi connectivity index (χ0n) is 19.1. The van der Waals surface area contributed by atoms with Crippen LogP contribution in [0.25, 0.3) is 0 Å². The molecule has 2 fully saturated rings. The van der Waals surface area contributed by atoms with Gasteiger partial charge in [-0.2, -0.15) is 0 Å². The number of aliphatic carboxylic acids is 2. The Morgan fingerprint density at radius 2 is 0.912 bits per heavy atom. The van der Waals surface area contributed by atoms with E-state index in [2.05, 4.69) is 81.1 Å². The molecule has 0 aromatic heterocycles. The van der Waals surface area contributed by atoms with E-state index < -0.39 is 24.1 Å². The number of piperazine rings is 2. The fourth-order valence-corrected chi connectivity index (χ4v) is 3.39. The zero-order chi connectivity index (χ0) is 24.8. The third kappa shape index (κ3) is 9.36. The summed E-state index contributed by atoms with van der Waals surface area (Å²) in [5.41, 5.74) is 2.69. The summed E-state index contributed by atoms with van der Waals surface area (Å²) < 4.78 is 0. The highest BCUT2D eigenvalue weighted by Gasteiger charge is 2.29. The molecule has 0 spiro atoms. The van der Waals surface area contributed by atoms with Crippen LogP contribution in [0.15, 0.2) is 60.7 Å². The molecule has 2 aromatic carbocycles. The van der Waals surface area contributed by atoms with Gasteiger partial charge in [0.05, 0.1) is 0 Å². The van der Waals surface area contributed by atoms with Crippen LogP contribution in [-0.4, -0.2) is 96.9 Å². The van der Waals surface area contributed by atoms with Gasteiger partial charge in [-0.1, -0.05) is 36.4 Å². The van der Waals surface area contributed by atoms with Crippen LogP contribution in [0.1, 0.15) is 0 Å². The largest absolute Gasteiger partial charge is 0.479 e. The van der Waals surface area contributed by atoms with E-state index >= 15 is 0 Å². The fraction of sp³-hybridized carbons (Fsp3) is 0.417. The second-order valence-corrected chi connectivity index (χ2v) is 7.71. The van der Waals surface area contributed by atoms with Crippen molar-refractivity contribution in [3.63, 3.8) is 0 Å². The summed E-state index contributed by atoms with van der Waals surface area (Å²) in [6.07, 6.45) is -4.53. The normalized spacial score (nSPS) is 17.2. The highest BCUT2D eigenvalue weighted by molar-refractivity contribution is 5.83. The molecular weight excluding hydrogens is 440 g/mol. The van der Waals surface area contributed by atoms with Crippen LogP contribution in [0.4, 0.5) is 11.4 Å². The average Bonchev–Trinajstić information content (AvgIpc) is 2.90. The van der Waals surface area contributed by atoms with Crippen molar-refractivity contribution < 1.29 is 30.0 Å². The SMILES string of the molecule is O=C(O)[C@H](O)[C@@H](O)C(=O)O.c1ccc(N2CCNCC2)cc1.c1ccc(N2CCNCC2)cc1. The number of carboxylic acids is 2. The zero-order valence-corrected chi connectivity index (χ0v) is 19.1. The van der Waals surface area contributed by atoms with Gasteiger partial charge in [-0.25, -0.2) is 9.59 Å². The van der Waals surface area contributed by atoms with Crippen LogP contribution in [-0.2, 0) is 9.59 Å². The minimum absolute atomic E-state index is 1.11. The lowest BCUT2D eigenvalue weighted by atomic mass is 10.2. The second-order valence-electron chi connectivity index (χ2n) is 7.71. The Morgan fingerprint density at radius 3 is 1.18 bits per heavy atom. The Bertz CT molecular complexity index is 772. The third-order valence-electron chi connectivity index (χ3n) is 5.28. The number of hydrogen-bond acceptors (Lipinski definition) is 8. The minimum Gasteiger partial charge on any atom is -0.479 e. The molecule has 0 amide bonds. The van der Waals surface area contributed by atoms with Gasteiger partial charge in [0.2, 0.25) is 0 Å². The monoisotopic (exact) mass is 474 g/mol. The van der Waals surface area contributed by atoms with Crippen molar-refractivity contribution in [1.82, 2.24) is 10.6 Å². The molecular formula is C24H34N4O6. The predicted molar refractivity (Wildman–Crippen MR) is 130 cm³/mol. The summed E-state index contributed by atoms with van der Waals surface area (Å²) >= 11 is 0. The molecule has 2 aliphatic heterocycles. The highest BCUT2D eigenvalue weighted by Crippen LogP contribution is 2.13. The predicted octanol–water partition coefficient (Wildman–Crippen LogP) is 0.0698. The van der Waals surface area contributed by atoms with Gasteiger partial charge in [0, 0.05) is 63.7 Å². The molecule has 0 saturated carbocycles. The van der Waals surface area contributed by atoms with E-state index in [1.807, 2.05) is 0 Å². The molecule has 34 heavy (non-hydrogen) atoms. The Morgan fingerprint density at radius 1 is 0.618 bits per heavy atom. The summed E-state index contributed by atoms with van der Waals surface area (Å²) in [5, 5.41) is 39.2. The number of rotatable bonds is 5. The quantitative estimate of drug-likeness (QED) is 0.352. The molecule has 0 radical (unpaired) electrons. The first-order chi connectivity index (χ1) is 16.4. The number of anilines is 2. The number of nitrogens with zero attached hydrogens (tertiary/aromatic N) is 2. The van der Waals surface area contributed by atoms with Crippen molar-refractivity contribution in [3.8, 4) is 0 Å². The Labute approximate surface area is 199 Å². The summed E-state index contributed by atoms with van der Waals surface area (Å²) in [4.78, 5) is 24.4. The molecule has 2 heterocycles. The van der Waals surface area contributed by atoms with Crippen molar-refractivity contribution in [2.45, 2.75) is 12.2 Å². The smallest absolute Gasteiger partial charge is 0.335 e. The second kappa shape index (κ2) is 14.9. The van der Waals surface area contributed by atoms with E-state index in [1.54, 1.807) is 0 Å². The third-order valence-corrected chi connectivity index (χ3v) is 5.28. The fourth-order valence-electron chi connectivity index (χ4n) is 3.39. The van der Waals surface area contributed by atoms with Gasteiger partial charge >= 0.3 is 11.9 Å². The maximum atomic E-state index is 9.77. The molecule has 186 valence electrons. The van der Waals surface area contributed by atoms with Crippen molar-refractivity contribution in [1.29, 1.82) is 0 Å². The lowest BCUT2D eigenvalue weighted by molar-refractivity contribution is -0.165. The molecule has 4 rings (SSSR count). The van der Waals surface area contributed by atoms with Crippen LogP contribution in [0, 0.1) is 0 Å². The lowest BCUT2D eigenvalue weighted by Crippen LogP contribution is -2.43. The highest BCUT2D eigenvalue weighted by atomic mass is 16.4. The van der Waals surface area contributed by atoms with Crippen LogP contribution in [0.5, 0.6) is 0 Å². The van der Waals surface area contributed by atoms with Crippen molar-refractivity contribution >= 4 is 23.3 Å². The summed E-state index contributed by atoms with van der Waals surface area (Å²) in [5.74, 6) is -3.54. The van der Waals surface area contributed by atoms with Crippen molar-refractivity contribution in [3.05, 3.63) is 60.7 Å². The summed E-state index contributed by atoms with van der Waals surface area (Å²) in [6, 6.07) is 21.2. The van der Waals surface area contributed by atoms with Gasteiger partial charge in [0.1, 0.15) is 0 Å². The van der Waals surface area contributed by atoms with E-state index in [4.69, 9.17) is 20.4 Å². The molecule has 2 atom stereocenters. The number of carboxylic acid groups (broad SMARTS) is 2. The number of hydrogen-bond donors (Lipinski definition) is 6. The summed E-state index contributed by atoms with van der Waals surface area (Å²) in [6.45, 7) is 8.94. The Hall–Kier alpha value is -3.18.